The molecule has 1 aliphatic rings. The highest BCUT2D eigenvalue weighted by Gasteiger charge is 2.29. The first kappa shape index (κ1) is 14.6. The van der Waals surface area contributed by atoms with Crippen molar-refractivity contribution in [2.75, 3.05) is 13.1 Å². The molecule has 1 aliphatic heterocycles. The van der Waals surface area contributed by atoms with Gasteiger partial charge in [-0.05, 0) is 24.3 Å². The lowest BCUT2D eigenvalue weighted by molar-refractivity contribution is 0.0661. The molecule has 2 aromatic rings. The van der Waals surface area contributed by atoms with Crippen LogP contribution in [0.1, 0.15) is 30.3 Å². The van der Waals surface area contributed by atoms with Crippen LogP contribution in [0.4, 0.5) is 0 Å². The summed E-state index contributed by atoms with van der Waals surface area (Å²) in [5, 5.41) is 0. The Hall–Kier alpha value is -2.30. The summed E-state index contributed by atoms with van der Waals surface area (Å²) >= 11 is 0. The van der Waals surface area contributed by atoms with E-state index in [1.807, 2.05) is 35.2 Å². The molecule has 1 amide bonds. The summed E-state index contributed by atoms with van der Waals surface area (Å²) < 4.78 is 6.45. The van der Waals surface area contributed by atoms with Crippen molar-refractivity contribution in [2.45, 2.75) is 19.8 Å². The quantitative estimate of drug-likeness (QED) is 0.856. The zero-order valence-corrected chi connectivity index (χ0v) is 12.9. The van der Waals surface area contributed by atoms with Crippen molar-refractivity contribution in [3.8, 4) is 11.1 Å². The number of carbonyl (C=O) groups is 1. The highest BCUT2D eigenvalue weighted by molar-refractivity contribution is 5.99. The van der Waals surface area contributed by atoms with Gasteiger partial charge in [-0.3, -0.25) is 4.79 Å². The number of rotatable bonds is 2. The molecular weight excluding hydrogens is 280 g/mol. The number of piperidine rings is 1. The lowest BCUT2D eigenvalue weighted by Crippen LogP contribution is -2.40. The van der Waals surface area contributed by atoms with Crippen molar-refractivity contribution in [2.24, 2.45) is 13.0 Å². The maximum absolute atomic E-state index is 12.9. The highest BCUT2D eigenvalue weighted by Crippen LogP contribution is 2.24. The molecule has 0 bridgehead atoms. The van der Waals surface area contributed by atoms with Crippen molar-refractivity contribution in [3.63, 3.8) is 0 Å². The fourth-order valence-corrected chi connectivity index (χ4v) is 3.09. The van der Waals surface area contributed by atoms with Gasteiger partial charge in [-0.2, -0.15) is 0 Å². The van der Waals surface area contributed by atoms with Gasteiger partial charge in [0.05, 0.1) is 0 Å². The molecule has 116 valence electrons. The molecule has 5 nitrogen and oxygen atoms in total. The van der Waals surface area contributed by atoms with Crippen LogP contribution in [0.2, 0.25) is 0 Å². The van der Waals surface area contributed by atoms with Gasteiger partial charge in [0.15, 0.2) is 5.69 Å². The lowest BCUT2D eigenvalue weighted by Gasteiger charge is -2.30. The Morgan fingerprint density at radius 2 is 2.00 bits per heavy atom. The molecule has 1 saturated heterocycles. The average molecular weight is 300 g/mol. The van der Waals surface area contributed by atoms with Crippen LogP contribution in [0.3, 0.4) is 0 Å². The zero-order chi connectivity index (χ0) is 15.7. The highest BCUT2D eigenvalue weighted by atomic mass is 16.5. The smallest absolute Gasteiger partial charge is 0.337 e. The summed E-state index contributed by atoms with van der Waals surface area (Å²) in [5.74, 6) is 0.362. The largest absolute Gasteiger partial charge is 0.366 e. The summed E-state index contributed by atoms with van der Waals surface area (Å²) in [6.07, 6.45) is 2.14. The predicted octanol–water partition coefficient (Wildman–Crippen LogP) is 2.52. The number of nitrogens with zero attached hydrogens (tertiary/aromatic N) is 2. The molecule has 5 heteroatoms. The number of aryl methyl sites for hydroxylation is 1. The lowest BCUT2D eigenvalue weighted by atomic mass is 9.99. The van der Waals surface area contributed by atoms with Crippen LogP contribution in [-0.4, -0.2) is 28.6 Å². The summed E-state index contributed by atoms with van der Waals surface area (Å²) in [6, 6.07) is 9.21. The molecule has 0 spiro atoms. The summed E-state index contributed by atoms with van der Waals surface area (Å²) in [7, 11) is 1.61. The minimum Gasteiger partial charge on any atom is -0.337 e. The van der Waals surface area contributed by atoms with Crippen LogP contribution in [0, 0.1) is 5.92 Å². The van der Waals surface area contributed by atoms with E-state index in [2.05, 4.69) is 6.92 Å². The fourth-order valence-electron chi connectivity index (χ4n) is 3.09. The van der Waals surface area contributed by atoms with E-state index in [1.165, 1.54) is 4.74 Å². The van der Waals surface area contributed by atoms with Crippen molar-refractivity contribution >= 4 is 5.91 Å². The molecule has 0 saturated carbocycles. The third-order valence-electron chi connectivity index (χ3n) is 4.18. The molecule has 22 heavy (non-hydrogen) atoms. The second kappa shape index (κ2) is 5.83. The fraction of sp³-hybridized carbons (Fsp3) is 0.412. The van der Waals surface area contributed by atoms with Crippen molar-refractivity contribution < 1.29 is 9.32 Å². The van der Waals surface area contributed by atoms with Crippen LogP contribution in [0.15, 0.2) is 39.6 Å². The van der Waals surface area contributed by atoms with E-state index in [0.29, 0.717) is 22.7 Å². The average Bonchev–Trinajstić information content (AvgIpc) is 2.81. The Bertz CT molecular complexity index is 730. The van der Waals surface area contributed by atoms with Crippen LogP contribution in [0.5, 0.6) is 0 Å². The molecule has 1 aromatic heterocycles. The monoisotopic (exact) mass is 300 g/mol. The number of hydrogen-bond acceptors (Lipinski definition) is 3. The topological polar surface area (TPSA) is 55.5 Å². The van der Waals surface area contributed by atoms with E-state index in [4.69, 9.17) is 4.52 Å². The number of hydrogen-bond donors (Lipinski definition) is 0. The first-order chi connectivity index (χ1) is 10.6. The van der Waals surface area contributed by atoms with Crippen LogP contribution < -0.4 is 5.63 Å². The van der Waals surface area contributed by atoms with E-state index in [9.17, 15) is 9.59 Å². The van der Waals surface area contributed by atoms with Gasteiger partial charge in [0, 0.05) is 20.1 Å². The van der Waals surface area contributed by atoms with Gasteiger partial charge in [0.2, 0.25) is 0 Å². The maximum Gasteiger partial charge on any atom is 0.366 e. The molecule has 0 aliphatic carbocycles. The Morgan fingerprint density at radius 1 is 1.27 bits per heavy atom. The van der Waals surface area contributed by atoms with Crippen LogP contribution in [-0.2, 0) is 7.05 Å². The SMILES string of the molecule is CC1CCCN(C(=O)c2c(-c3ccccc3)c(=O)on2C)C1. The third kappa shape index (κ3) is 2.58. The molecule has 0 radical (unpaired) electrons. The minimum atomic E-state index is -0.470. The number of amides is 1. The van der Waals surface area contributed by atoms with E-state index in [-0.39, 0.29) is 5.91 Å². The molecular formula is C17H20N2O3. The van der Waals surface area contributed by atoms with Crippen molar-refractivity contribution in [1.29, 1.82) is 0 Å². The molecule has 1 unspecified atom stereocenters. The molecule has 0 N–H and O–H groups in total. The van der Waals surface area contributed by atoms with E-state index < -0.39 is 5.63 Å². The minimum absolute atomic E-state index is 0.126. The number of likely N-dealkylation sites (tertiary alicyclic amines) is 1. The number of benzene rings is 1. The summed E-state index contributed by atoms with van der Waals surface area (Å²) in [6.45, 7) is 3.61. The Balaban J connectivity index is 2.04. The Morgan fingerprint density at radius 3 is 2.68 bits per heavy atom. The van der Waals surface area contributed by atoms with Crippen LogP contribution in [0.25, 0.3) is 11.1 Å². The Labute approximate surface area is 129 Å². The zero-order valence-electron chi connectivity index (χ0n) is 12.9. The maximum atomic E-state index is 12.9. The van der Waals surface area contributed by atoms with E-state index >= 15 is 0 Å². The van der Waals surface area contributed by atoms with Gasteiger partial charge >= 0.3 is 5.63 Å². The molecule has 1 aromatic carbocycles. The molecule has 2 heterocycles. The first-order valence-corrected chi connectivity index (χ1v) is 7.63. The van der Waals surface area contributed by atoms with Crippen LogP contribution >= 0.6 is 0 Å². The van der Waals surface area contributed by atoms with Gasteiger partial charge < -0.3 is 9.42 Å². The van der Waals surface area contributed by atoms with Gasteiger partial charge in [0.1, 0.15) is 5.56 Å². The van der Waals surface area contributed by atoms with Gasteiger partial charge in [-0.15, -0.1) is 0 Å². The standard InChI is InChI=1S/C17H20N2O3/c1-12-7-6-10-19(11-12)16(20)15-14(17(21)22-18(15)2)13-8-4-3-5-9-13/h3-5,8-9,12H,6-7,10-11H2,1-2H3. The second-order valence-corrected chi connectivity index (χ2v) is 5.96. The summed E-state index contributed by atoms with van der Waals surface area (Å²) in [4.78, 5) is 26.9. The third-order valence-corrected chi connectivity index (χ3v) is 4.18. The number of carbonyl (C=O) groups excluding carboxylic acids is 1. The van der Waals surface area contributed by atoms with Gasteiger partial charge in [0.25, 0.3) is 5.91 Å². The van der Waals surface area contributed by atoms with Gasteiger partial charge in [-0.1, -0.05) is 37.3 Å². The molecule has 1 fully saturated rings. The van der Waals surface area contributed by atoms with E-state index in [1.54, 1.807) is 7.05 Å². The van der Waals surface area contributed by atoms with E-state index in [0.717, 1.165) is 25.9 Å². The first-order valence-electron chi connectivity index (χ1n) is 7.63. The summed E-state index contributed by atoms with van der Waals surface area (Å²) in [5.41, 5.74) is 0.934. The Kier molecular flexibility index (Phi) is 3.88. The molecule has 3 rings (SSSR count). The number of aromatic nitrogens is 1. The predicted molar refractivity (Wildman–Crippen MR) is 83.7 cm³/mol. The van der Waals surface area contributed by atoms with Gasteiger partial charge in [-0.25, -0.2) is 9.53 Å². The molecule has 1 atom stereocenters. The second-order valence-electron chi connectivity index (χ2n) is 5.96. The normalized spacial score (nSPS) is 18.5. The van der Waals surface area contributed by atoms with Crippen molar-refractivity contribution in [1.82, 2.24) is 9.64 Å². The van der Waals surface area contributed by atoms with Crippen molar-refractivity contribution in [3.05, 3.63) is 46.4 Å².